The molecule has 0 saturated heterocycles. The summed E-state index contributed by atoms with van der Waals surface area (Å²) in [6.07, 6.45) is -0.490. The number of carbonyl (C=O) groups is 1. The number of benzene rings is 1. The van der Waals surface area contributed by atoms with Gasteiger partial charge in [-0.3, -0.25) is 14.9 Å². The highest BCUT2D eigenvalue weighted by atomic mass is 16.6. The number of aryl methyl sites for hydroxylation is 1. The molecule has 17 heavy (non-hydrogen) atoms. The van der Waals surface area contributed by atoms with Gasteiger partial charge < -0.3 is 10.5 Å². The Kier molecular flexibility index (Phi) is 4.03. The van der Waals surface area contributed by atoms with Gasteiger partial charge in [0.15, 0.2) is 11.9 Å². The lowest BCUT2D eigenvalue weighted by atomic mass is 10.2. The molecule has 0 saturated carbocycles. The van der Waals surface area contributed by atoms with Crippen LogP contribution in [0.2, 0.25) is 0 Å². The molecule has 1 rings (SSSR count). The molecule has 0 aliphatic rings. The maximum atomic E-state index is 11.0. The molecule has 0 aromatic heterocycles. The molecular weight excluding hydrogens is 224 g/mol. The topological polar surface area (TPSA) is 95.5 Å². The van der Waals surface area contributed by atoms with Crippen LogP contribution in [-0.2, 0) is 4.79 Å². The number of nitro groups is 1. The summed E-state index contributed by atoms with van der Waals surface area (Å²) in [5.74, 6) is -0.566. The zero-order chi connectivity index (χ0) is 13.0. The largest absolute Gasteiger partial charge is 0.473 e. The third-order valence-corrected chi connectivity index (χ3v) is 2.27. The first-order chi connectivity index (χ1) is 7.95. The molecule has 2 N–H and O–H groups in total. The zero-order valence-electron chi connectivity index (χ0n) is 9.67. The second-order valence-corrected chi connectivity index (χ2v) is 3.65. The molecule has 1 unspecified atom stereocenters. The monoisotopic (exact) mass is 238 g/mol. The number of nitrogens with zero attached hydrogens (tertiary/aromatic N) is 1. The maximum absolute atomic E-state index is 11.0. The molecule has 0 spiro atoms. The van der Waals surface area contributed by atoms with Crippen molar-refractivity contribution in [3.8, 4) is 5.75 Å². The van der Waals surface area contributed by atoms with E-state index >= 15 is 0 Å². The Balaban J connectivity index is 3.07. The van der Waals surface area contributed by atoms with E-state index in [1.165, 1.54) is 12.1 Å². The van der Waals surface area contributed by atoms with E-state index in [1.807, 2.05) is 0 Å². The zero-order valence-corrected chi connectivity index (χ0v) is 9.67. The number of hydrogen-bond donors (Lipinski definition) is 1. The lowest BCUT2D eigenvalue weighted by molar-refractivity contribution is -0.386. The van der Waals surface area contributed by atoms with E-state index < -0.39 is 16.9 Å². The minimum absolute atomic E-state index is 0.0700. The van der Waals surface area contributed by atoms with Crippen LogP contribution in [0.3, 0.4) is 0 Å². The van der Waals surface area contributed by atoms with Gasteiger partial charge in [-0.25, -0.2) is 0 Å². The van der Waals surface area contributed by atoms with Crippen molar-refractivity contribution in [3.63, 3.8) is 0 Å². The molecule has 6 nitrogen and oxygen atoms in total. The first-order valence-electron chi connectivity index (χ1n) is 5.16. The Hall–Kier alpha value is -2.11. The van der Waals surface area contributed by atoms with Crippen molar-refractivity contribution in [2.75, 3.05) is 0 Å². The summed E-state index contributed by atoms with van der Waals surface area (Å²) in [5.41, 5.74) is 5.76. The quantitative estimate of drug-likeness (QED) is 0.621. The molecule has 0 aliphatic heterocycles. The Morgan fingerprint density at radius 2 is 2.24 bits per heavy atom. The smallest absolute Gasteiger partial charge is 0.310 e. The average molecular weight is 238 g/mol. The van der Waals surface area contributed by atoms with E-state index in [4.69, 9.17) is 10.5 Å². The summed E-state index contributed by atoms with van der Waals surface area (Å²) in [7, 11) is 0. The fourth-order valence-electron chi connectivity index (χ4n) is 1.36. The molecule has 0 fully saturated rings. The molecule has 1 aromatic carbocycles. The van der Waals surface area contributed by atoms with E-state index in [-0.39, 0.29) is 11.4 Å². The minimum Gasteiger partial charge on any atom is -0.473 e. The van der Waals surface area contributed by atoms with Gasteiger partial charge in [-0.15, -0.1) is 0 Å². The number of rotatable bonds is 5. The van der Waals surface area contributed by atoms with Crippen molar-refractivity contribution < 1.29 is 14.5 Å². The van der Waals surface area contributed by atoms with E-state index in [1.54, 1.807) is 19.9 Å². The second kappa shape index (κ2) is 5.29. The van der Waals surface area contributed by atoms with Gasteiger partial charge in [0.05, 0.1) is 4.92 Å². The van der Waals surface area contributed by atoms with E-state index in [2.05, 4.69) is 0 Å². The van der Waals surface area contributed by atoms with Crippen molar-refractivity contribution in [2.24, 2.45) is 5.73 Å². The van der Waals surface area contributed by atoms with Crippen LogP contribution in [0.4, 0.5) is 5.69 Å². The molecular formula is C11H14N2O4. The SMILES string of the molecule is CCC(Oc1cc(C)ccc1[N+](=O)[O-])C(N)=O. The van der Waals surface area contributed by atoms with Crippen molar-refractivity contribution in [3.05, 3.63) is 33.9 Å². The second-order valence-electron chi connectivity index (χ2n) is 3.65. The first-order valence-corrected chi connectivity index (χ1v) is 5.16. The lowest BCUT2D eigenvalue weighted by Crippen LogP contribution is -2.33. The highest BCUT2D eigenvalue weighted by Gasteiger charge is 2.21. The van der Waals surface area contributed by atoms with Crippen LogP contribution in [0.25, 0.3) is 0 Å². The standard InChI is InChI=1S/C11H14N2O4/c1-3-9(11(12)14)17-10-6-7(2)4-5-8(10)13(15)16/h4-6,9H,3H2,1-2H3,(H2,12,14). The highest BCUT2D eigenvalue weighted by Crippen LogP contribution is 2.28. The Labute approximate surface area is 98.5 Å². The van der Waals surface area contributed by atoms with Crippen molar-refractivity contribution in [1.82, 2.24) is 0 Å². The van der Waals surface area contributed by atoms with Crippen LogP contribution < -0.4 is 10.5 Å². The van der Waals surface area contributed by atoms with Crippen molar-refractivity contribution in [2.45, 2.75) is 26.4 Å². The van der Waals surface area contributed by atoms with Crippen LogP contribution in [-0.4, -0.2) is 16.9 Å². The summed E-state index contributed by atoms with van der Waals surface area (Å²) < 4.78 is 5.28. The van der Waals surface area contributed by atoms with E-state index in [0.717, 1.165) is 5.56 Å². The summed E-state index contributed by atoms with van der Waals surface area (Å²) >= 11 is 0. The summed E-state index contributed by atoms with van der Waals surface area (Å²) in [6, 6.07) is 4.47. The van der Waals surface area contributed by atoms with Crippen LogP contribution in [0, 0.1) is 17.0 Å². The van der Waals surface area contributed by atoms with Gasteiger partial charge >= 0.3 is 5.69 Å². The lowest BCUT2D eigenvalue weighted by Gasteiger charge is -2.14. The third kappa shape index (κ3) is 3.17. The van der Waals surface area contributed by atoms with Crippen LogP contribution >= 0.6 is 0 Å². The first kappa shape index (κ1) is 13.0. The van der Waals surface area contributed by atoms with Gasteiger partial charge in [0, 0.05) is 6.07 Å². The summed E-state index contributed by atoms with van der Waals surface area (Å²) in [5, 5.41) is 10.8. The Morgan fingerprint density at radius 1 is 1.59 bits per heavy atom. The van der Waals surface area contributed by atoms with Crippen LogP contribution in [0.15, 0.2) is 18.2 Å². The number of amides is 1. The third-order valence-electron chi connectivity index (χ3n) is 2.27. The summed E-state index contributed by atoms with van der Waals surface area (Å²) in [4.78, 5) is 21.3. The molecule has 6 heteroatoms. The number of ether oxygens (including phenoxy) is 1. The predicted octanol–water partition coefficient (Wildman–Crippen LogP) is 1.55. The fraction of sp³-hybridized carbons (Fsp3) is 0.364. The van der Waals surface area contributed by atoms with E-state index in [9.17, 15) is 14.9 Å². The Morgan fingerprint density at radius 3 is 2.71 bits per heavy atom. The van der Waals surface area contributed by atoms with Gasteiger partial charge in [0.25, 0.3) is 5.91 Å². The van der Waals surface area contributed by atoms with Gasteiger partial charge in [-0.2, -0.15) is 0 Å². The van der Waals surface area contributed by atoms with Crippen LogP contribution in [0.5, 0.6) is 5.75 Å². The van der Waals surface area contributed by atoms with Crippen molar-refractivity contribution >= 4 is 11.6 Å². The maximum Gasteiger partial charge on any atom is 0.310 e. The average Bonchev–Trinajstić information content (AvgIpc) is 2.25. The molecule has 1 aromatic rings. The van der Waals surface area contributed by atoms with Crippen LogP contribution in [0.1, 0.15) is 18.9 Å². The molecule has 92 valence electrons. The number of carbonyl (C=O) groups excluding carboxylic acids is 1. The van der Waals surface area contributed by atoms with Gasteiger partial charge in [0.1, 0.15) is 0 Å². The molecule has 0 bridgehead atoms. The molecule has 0 heterocycles. The molecule has 1 atom stereocenters. The normalized spacial score (nSPS) is 11.9. The predicted molar refractivity (Wildman–Crippen MR) is 61.7 cm³/mol. The number of nitro benzene ring substituents is 1. The van der Waals surface area contributed by atoms with E-state index in [0.29, 0.717) is 6.42 Å². The van der Waals surface area contributed by atoms with Gasteiger partial charge in [-0.1, -0.05) is 13.0 Å². The van der Waals surface area contributed by atoms with Gasteiger partial charge in [-0.05, 0) is 25.0 Å². The highest BCUT2D eigenvalue weighted by molar-refractivity contribution is 5.79. The number of primary amides is 1. The fourth-order valence-corrected chi connectivity index (χ4v) is 1.36. The number of hydrogen-bond acceptors (Lipinski definition) is 4. The molecule has 1 amide bonds. The summed E-state index contributed by atoms with van der Waals surface area (Å²) in [6.45, 7) is 3.50. The van der Waals surface area contributed by atoms with Crippen molar-refractivity contribution in [1.29, 1.82) is 0 Å². The Bertz CT molecular complexity index is 445. The molecule has 0 aliphatic carbocycles. The van der Waals surface area contributed by atoms with Gasteiger partial charge in [0.2, 0.25) is 0 Å². The molecule has 0 radical (unpaired) electrons. The minimum atomic E-state index is -0.851. The number of nitrogens with two attached hydrogens (primary N) is 1.